The van der Waals surface area contributed by atoms with Gasteiger partial charge in [-0.15, -0.1) is 23.5 Å². The lowest BCUT2D eigenvalue weighted by Crippen LogP contribution is -1.97. The van der Waals surface area contributed by atoms with Crippen LogP contribution in [-0.4, -0.2) is 39.9 Å². The molecule has 0 aliphatic carbocycles. The fourth-order valence-corrected chi connectivity index (χ4v) is 7.57. The van der Waals surface area contributed by atoms with Crippen molar-refractivity contribution >= 4 is 69.0 Å². The van der Waals surface area contributed by atoms with Crippen molar-refractivity contribution in [3.8, 4) is 23.0 Å². The molecular weight excluding hydrogens is 713 g/mol. The summed E-state index contributed by atoms with van der Waals surface area (Å²) in [6, 6.07) is 44.9. The van der Waals surface area contributed by atoms with Gasteiger partial charge in [0.1, 0.15) is 23.0 Å². The Morgan fingerprint density at radius 2 is 0.630 bits per heavy atom. The highest BCUT2D eigenvalue weighted by Crippen LogP contribution is 2.37. The first-order valence-electron chi connectivity index (χ1n) is 17.7. The van der Waals surface area contributed by atoms with Crippen molar-refractivity contribution in [2.75, 3.05) is 61.2 Å². The number of anilines is 8. The van der Waals surface area contributed by atoms with Crippen molar-refractivity contribution in [2.24, 2.45) is 0 Å². The Morgan fingerprint density at radius 1 is 0.352 bits per heavy atom. The quantitative estimate of drug-likeness (QED) is 0.0473. The molecule has 0 aliphatic rings. The molecule has 8 nitrogen and oxygen atoms in total. The van der Waals surface area contributed by atoms with Crippen LogP contribution in [0.25, 0.3) is 0 Å². The van der Waals surface area contributed by atoms with Gasteiger partial charge >= 0.3 is 0 Å². The summed E-state index contributed by atoms with van der Waals surface area (Å²) in [7, 11) is 6.71. The van der Waals surface area contributed by atoms with Crippen molar-refractivity contribution in [1.29, 1.82) is 0 Å². The Morgan fingerprint density at radius 3 is 0.926 bits per heavy atom. The third-order valence-corrected chi connectivity index (χ3v) is 10.8. The van der Waals surface area contributed by atoms with Crippen LogP contribution in [0.2, 0.25) is 0 Å². The number of ether oxygens (including phenoxy) is 4. The summed E-state index contributed by atoms with van der Waals surface area (Å²) >= 11 is 3.75. The SMILES string of the molecule is COc1ccc(Nc2ccc(SCCCCSc3ccc(Nc4ccc(OC)cc4)cc3Nc3ccc(OC)cc3)c(Nc3ccc(OC)cc3)c2)cc1. The van der Waals surface area contributed by atoms with E-state index in [1.54, 1.807) is 28.4 Å². The van der Waals surface area contributed by atoms with E-state index < -0.39 is 0 Å². The van der Waals surface area contributed by atoms with Gasteiger partial charge in [-0.2, -0.15) is 0 Å². The molecule has 6 rings (SSSR count). The highest BCUT2D eigenvalue weighted by Gasteiger charge is 2.10. The maximum Gasteiger partial charge on any atom is 0.119 e. The molecule has 6 aromatic carbocycles. The van der Waals surface area contributed by atoms with Crippen LogP contribution in [0.1, 0.15) is 12.8 Å². The first-order valence-corrected chi connectivity index (χ1v) is 19.7. The number of hydrogen-bond acceptors (Lipinski definition) is 10. The predicted molar refractivity (Wildman–Crippen MR) is 229 cm³/mol. The number of methoxy groups -OCH3 is 4. The van der Waals surface area contributed by atoms with Crippen LogP contribution in [0.5, 0.6) is 23.0 Å². The first-order chi connectivity index (χ1) is 26.5. The van der Waals surface area contributed by atoms with E-state index in [-0.39, 0.29) is 0 Å². The zero-order chi connectivity index (χ0) is 37.5. The highest BCUT2D eigenvalue weighted by molar-refractivity contribution is 7.99. The molecule has 0 fully saturated rings. The molecule has 10 heteroatoms. The van der Waals surface area contributed by atoms with E-state index >= 15 is 0 Å². The van der Waals surface area contributed by atoms with Gasteiger partial charge < -0.3 is 40.2 Å². The lowest BCUT2D eigenvalue weighted by molar-refractivity contribution is 0.415. The Labute approximate surface area is 327 Å². The second-order valence-corrected chi connectivity index (χ2v) is 14.5. The molecule has 0 saturated heterocycles. The largest absolute Gasteiger partial charge is 0.497 e. The molecule has 0 heterocycles. The lowest BCUT2D eigenvalue weighted by atomic mass is 10.2. The summed E-state index contributed by atoms with van der Waals surface area (Å²) in [5.41, 5.74) is 8.10. The Kier molecular flexibility index (Phi) is 13.8. The fourth-order valence-electron chi connectivity index (χ4n) is 5.57. The minimum atomic E-state index is 0.827. The zero-order valence-electron chi connectivity index (χ0n) is 31.0. The van der Waals surface area contributed by atoms with E-state index in [9.17, 15) is 0 Å². The fraction of sp³-hybridized carbons (Fsp3) is 0.182. The van der Waals surface area contributed by atoms with Gasteiger partial charge in [0.15, 0.2) is 0 Å². The van der Waals surface area contributed by atoms with Gasteiger partial charge in [-0.3, -0.25) is 0 Å². The van der Waals surface area contributed by atoms with Crippen LogP contribution in [0.3, 0.4) is 0 Å². The summed E-state index contributed by atoms with van der Waals surface area (Å²) in [5, 5.41) is 14.3. The Balaban J connectivity index is 1.08. The first kappa shape index (κ1) is 38.2. The minimum absolute atomic E-state index is 0.827. The number of rotatable bonds is 19. The highest BCUT2D eigenvalue weighted by atomic mass is 32.2. The lowest BCUT2D eigenvalue weighted by Gasteiger charge is -2.16. The normalized spacial score (nSPS) is 10.7. The summed E-state index contributed by atoms with van der Waals surface area (Å²) in [4.78, 5) is 2.40. The van der Waals surface area contributed by atoms with Gasteiger partial charge in [-0.25, -0.2) is 0 Å². The third kappa shape index (κ3) is 11.0. The van der Waals surface area contributed by atoms with E-state index in [1.807, 2.05) is 121 Å². The maximum absolute atomic E-state index is 5.37. The summed E-state index contributed by atoms with van der Waals surface area (Å²) in [6.07, 6.45) is 2.17. The molecule has 6 aromatic rings. The second-order valence-electron chi connectivity index (χ2n) is 12.2. The Hall–Kier alpha value is -5.58. The summed E-state index contributed by atoms with van der Waals surface area (Å²) in [6.45, 7) is 0. The average Bonchev–Trinajstić information content (AvgIpc) is 3.21. The van der Waals surface area contributed by atoms with Gasteiger partial charge in [-0.05, 0) is 158 Å². The van der Waals surface area contributed by atoms with Crippen LogP contribution >= 0.6 is 23.5 Å². The predicted octanol–water partition coefficient (Wildman–Crippen LogP) is 12.4. The molecule has 0 aromatic heterocycles. The maximum atomic E-state index is 5.37. The van der Waals surface area contributed by atoms with Gasteiger partial charge in [-0.1, -0.05) is 0 Å². The number of thioether (sulfide) groups is 2. The van der Waals surface area contributed by atoms with Crippen LogP contribution < -0.4 is 40.2 Å². The van der Waals surface area contributed by atoms with E-state index in [4.69, 9.17) is 18.9 Å². The molecular formula is C44H46N4O4S2. The van der Waals surface area contributed by atoms with Crippen molar-refractivity contribution < 1.29 is 18.9 Å². The average molecular weight is 759 g/mol. The molecule has 278 valence electrons. The molecule has 0 unspecified atom stereocenters. The van der Waals surface area contributed by atoms with Crippen LogP contribution in [-0.2, 0) is 0 Å². The monoisotopic (exact) mass is 758 g/mol. The van der Waals surface area contributed by atoms with Crippen LogP contribution in [0, 0.1) is 0 Å². The summed E-state index contributed by atoms with van der Waals surface area (Å²) < 4.78 is 21.4. The van der Waals surface area contributed by atoms with Gasteiger partial charge in [0.05, 0.1) is 39.8 Å². The van der Waals surface area contributed by atoms with Gasteiger partial charge in [0, 0.05) is 43.9 Å². The smallest absolute Gasteiger partial charge is 0.119 e. The van der Waals surface area contributed by atoms with E-state index in [0.29, 0.717) is 0 Å². The molecule has 0 radical (unpaired) electrons. The topological polar surface area (TPSA) is 85.0 Å². The molecule has 54 heavy (non-hydrogen) atoms. The number of hydrogen-bond donors (Lipinski definition) is 4. The molecule has 4 N–H and O–H groups in total. The van der Waals surface area contributed by atoms with Crippen molar-refractivity contribution in [1.82, 2.24) is 0 Å². The number of nitrogens with one attached hydrogen (secondary N) is 4. The molecule has 0 saturated carbocycles. The molecule has 0 atom stereocenters. The molecule has 0 aliphatic heterocycles. The molecule has 0 spiro atoms. The van der Waals surface area contributed by atoms with E-state index in [1.165, 1.54) is 9.79 Å². The Bertz CT molecular complexity index is 1910. The standard InChI is InChI=1S/C44H46N4O4S2/c1-49-37-17-7-31(8-18-37)45-35-15-25-43(41(29-35)47-33-11-21-39(51-3)22-12-33)53-27-5-6-28-54-44-26-16-36(46-32-9-19-38(50-2)20-10-32)30-42(44)48-34-13-23-40(52-4)24-14-34/h7-26,29-30,45-48H,5-6,27-28H2,1-4H3. The number of unbranched alkanes of at least 4 members (excludes halogenated alkanes) is 1. The van der Waals surface area contributed by atoms with Gasteiger partial charge in [0.25, 0.3) is 0 Å². The van der Waals surface area contributed by atoms with Gasteiger partial charge in [0.2, 0.25) is 0 Å². The second kappa shape index (κ2) is 19.5. The van der Waals surface area contributed by atoms with Crippen molar-refractivity contribution in [2.45, 2.75) is 22.6 Å². The van der Waals surface area contributed by atoms with Crippen LogP contribution in [0.15, 0.2) is 143 Å². The third-order valence-electron chi connectivity index (χ3n) is 8.51. The summed E-state index contributed by atoms with van der Waals surface area (Å²) in [5.74, 6) is 5.32. The van der Waals surface area contributed by atoms with Crippen molar-refractivity contribution in [3.05, 3.63) is 133 Å². The zero-order valence-corrected chi connectivity index (χ0v) is 32.6. The van der Waals surface area contributed by atoms with E-state index in [0.717, 1.165) is 92.8 Å². The minimum Gasteiger partial charge on any atom is -0.497 e. The van der Waals surface area contributed by atoms with Crippen LogP contribution in [0.4, 0.5) is 45.5 Å². The molecule has 0 bridgehead atoms. The van der Waals surface area contributed by atoms with Crippen molar-refractivity contribution in [3.63, 3.8) is 0 Å². The number of benzene rings is 6. The molecule has 0 amide bonds. The van der Waals surface area contributed by atoms with E-state index in [2.05, 4.69) is 57.7 Å².